The number of hydrogen-bond donors (Lipinski definition) is 2. The summed E-state index contributed by atoms with van der Waals surface area (Å²) in [7, 11) is 0. The maximum atomic E-state index is 15.0. The number of aromatic nitrogens is 2. The minimum absolute atomic E-state index is 0.000729. The van der Waals surface area contributed by atoms with E-state index in [4.69, 9.17) is 9.84 Å². The molecular formula is C28H33F2N5O4. The zero-order valence-electron chi connectivity index (χ0n) is 22.1. The van der Waals surface area contributed by atoms with Gasteiger partial charge >= 0.3 is 0 Å². The normalized spacial score (nSPS) is 14.2. The fourth-order valence-corrected chi connectivity index (χ4v) is 4.03. The molecule has 3 rings (SSSR count). The highest BCUT2D eigenvalue weighted by molar-refractivity contribution is 5.87. The number of hydrazone groups is 1. The van der Waals surface area contributed by atoms with Gasteiger partial charge in [-0.25, -0.2) is 23.8 Å². The van der Waals surface area contributed by atoms with Crippen LogP contribution in [0, 0.1) is 25.5 Å². The van der Waals surface area contributed by atoms with Crippen molar-refractivity contribution in [1.82, 2.24) is 15.0 Å². The summed E-state index contributed by atoms with van der Waals surface area (Å²) in [6.07, 6.45) is 2.30. The summed E-state index contributed by atoms with van der Waals surface area (Å²) in [6.45, 7) is 9.20. The Kier molecular flexibility index (Phi) is 11.0. The average Bonchev–Trinajstić information content (AvgIpc) is 2.92. The van der Waals surface area contributed by atoms with E-state index >= 15 is 4.39 Å². The maximum absolute atomic E-state index is 15.0. The predicted octanol–water partition coefficient (Wildman–Crippen LogP) is 3.42. The summed E-state index contributed by atoms with van der Waals surface area (Å²) in [4.78, 5) is 23.0. The lowest BCUT2D eigenvalue weighted by Crippen LogP contribution is -2.36. The largest absolute Gasteiger partial charge is 0.394 e. The van der Waals surface area contributed by atoms with Crippen LogP contribution in [0.5, 0.6) is 0 Å². The van der Waals surface area contributed by atoms with Crippen LogP contribution in [0.2, 0.25) is 0 Å². The predicted molar refractivity (Wildman–Crippen MR) is 145 cm³/mol. The van der Waals surface area contributed by atoms with Crippen molar-refractivity contribution in [3.05, 3.63) is 77.3 Å². The molecule has 1 aromatic heterocycles. The lowest BCUT2D eigenvalue weighted by Gasteiger charge is -2.28. The van der Waals surface area contributed by atoms with Crippen molar-refractivity contribution < 1.29 is 28.5 Å². The lowest BCUT2D eigenvalue weighted by atomic mass is 9.99. The third-order valence-electron chi connectivity index (χ3n) is 6.12. The second-order valence-corrected chi connectivity index (χ2v) is 8.88. The van der Waals surface area contributed by atoms with E-state index in [-0.39, 0.29) is 36.4 Å². The zero-order chi connectivity index (χ0) is 28.4. The topological polar surface area (TPSA) is 111 Å². The number of rotatable bonds is 9. The van der Waals surface area contributed by atoms with E-state index < -0.39 is 23.6 Å². The number of ether oxygens (including phenoxy) is 1. The Labute approximate surface area is 226 Å². The second kappa shape index (κ2) is 14.4. The lowest BCUT2D eigenvalue weighted by molar-refractivity contribution is -0.126. The number of morpholine rings is 1. The molecule has 1 aliphatic rings. The monoisotopic (exact) mass is 541 g/mol. The SMILES string of the molecule is C=NN(CCO)C(=O)/C=C\CC(O)c1cc(-c2ncnc(C)cc(N3CCOCC3)ccc2C)c(F)cc1F. The highest BCUT2D eigenvalue weighted by atomic mass is 19.1. The van der Waals surface area contributed by atoms with Gasteiger partial charge in [0, 0.05) is 54.5 Å². The van der Waals surface area contributed by atoms with E-state index in [1.807, 2.05) is 25.1 Å². The molecule has 9 nitrogen and oxygen atoms in total. The first-order valence-corrected chi connectivity index (χ1v) is 12.5. The molecule has 1 aliphatic heterocycles. The van der Waals surface area contributed by atoms with Crippen LogP contribution in [0.3, 0.4) is 0 Å². The van der Waals surface area contributed by atoms with Crippen molar-refractivity contribution in [2.24, 2.45) is 5.10 Å². The average molecular weight is 542 g/mol. The quantitative estimate of drug-likeness (QED) is 0.284. The van der Waals surface area contributed by atoms with Gasteiger partial charge in [0.05, 0.1) is 38.2 Å². The smallest absolute Gasteiger partial charge is 0.266 e. The van der Waals surface area contributed by atoms with Crippen molar-refractivity contribution in [3.8, 4) is 11.3 Å². The first-order chi connectivity index (χ1) is 18.7. The third-order valence-corrected chi connectivity index (χ3v) is 6.12. The molecule has 1 amide bonds. The van der Waals surface area contributed by atoms with Gasteiger partial charge in [-0.2, -0.15) is 5.10 Å². The Hall–Kier alpha value is -3.80. The minimum Gasteiger partial charge on any atom is -0.394 e. The number of aliphatic hydroxyl groups excluding tert-OH is 2. The van der Waals surface area contributed by atoms with Gasteiger partial charge in [-0.1, -0.05) is 12.1 Å². The van der Waals surface area contributed by atoms with Gasteiger partial charge in [0.2, 0.25) is 0 Å². The fraction of sp³-hybridized carbons (Fsp3) is 0.357. The van der Waals surface area contributed by atoms with Gasteiger partial charge < -0.3 is 19.8 Å². The summed E-state index contributed by atoms with van der Waals surface area (Å²) in [6, 6.07) is 7.58. The summed E-state index contributed by atoms with van der Waals surface area (Å²) >= 11 is 0. The number of aryl methyl sites for hydroxylation is 2. The van der Waals surface area contributed by atoms with Crippen molar-refractivity contribution in [2.45, 2.75) is 26.4 Å². The van der Waals surface area contributed by atoms with Gasteiger partial charge in [-0.05, 0) is 44.0 Å². The zero-order valence-corrected chi connectivity index (χ0v) is 22.1. The number of anilines is 1. The molecule has 0 spiro atoms. The Morgan fingerprint density at radius 2 is 1.95 bits per heavy atom. The van der Waals surface area contributed by atoms with Gasteiger partial charge in [0.15, 0.2) is 0 Å². The van der Waals surface area contributed by atoms with Crippen molar-refractivity contribution >= 4 is 18.3 Å². The van der Waals surface area contributed by atoms with Gasteiger partial charge in [-0.3, -0.25) is 4.79 Å². The molecule has 0 bridgehead atoms. The Morgan fingerprint density at radius 3 is 2.64 bits per heavy atom. The molecule has 0 radical (unpaired) electrons. The Balaban J connectivity index is 1.96. The number of carbonyl (C=O) groups excluding carboxylic acids is 1. The van der Waals surface area contributed by atoms with Crippen LogP contribution >= 0.6 is 0 Å². The van der Waals surface area contributed by atoms with E-state index in [2.05, 4.69) is 26.7 Å². The highest BCUT2D eigenvalue weighted by Gasteiger charge is 2.19. The molecule has 2 heterocycles. The molecule has 1 saturated heterocycles. The van der Waals surface area contributed by atoms with E-state index in [0.717, 1.165) is 29.9 Å². The number of aliphatic hydroxyl groups is 2. The first-order valence-electron chi connectivity index (χ1n) is 12.5. The molecule has 0 aliphatic carbocycles. The summed E-state index contributed by atoms with van der Waals surface area (Å²) < 4.78 is 35.2. The molecule has 39 heavy (non-hydrogen) atoms. The summed E-state index contributed by atoms with van der Waals surface area (Å²) in [5.74, 6) is -2.33. The molecule has 1 fully saturated rings. The molecule has 2 aromatic rings. The maximum Gasteiger partial charge on any atom is 0.266 e. The molecule has 1 atom stereocenters. The van der Waals surface area contributed by atoms with Gasteiger partial charge in [-0.15, -0.1) is 0 Å². The highest BCUT2D eigenvalue weighted by Crippen LogP contribution is 2.30. The first kappa shape index (κ1) is 29.8. The number of halogens is 2. The third kappa shape index (κ3) is 8.09. The van der Waals surface area contributed by atoms with Crippen LogP contribution in [0.4, 0.5) is 14.5 Å². The van der Waals surface area contributed by atoms with Gasteiger partial charge in [0.1, 0.15) is 18.0 Å². The fourth-order valence-electron chi connectivity index (χ4n) is 4.03. The molecule has 1 aromatic carbocycles. The van der Waals surface area contributed by atoms with Crippen molar-refractivity contribution in [2.75, 3.05) is 44.4 Å². The number of hydrogen-bond acceptors (Lipinski definition) is 8. The summed E-state index contributed by atoms with van der Waals surface area (Å²) in [5.41, 5.74) is 2.32. The van der Waals surface area contributed by atoms with Crippen LogP contribution < -0.4 is 4.90 Å². The van der Waals surface area contributed by atoms with Crippen LogP contribution in [-0.2, 0) is 9.53 Å². The van der Waals surface area contributed by atoms with Crippen LogP contribution in [0.15, 0.2) is 53.9 Å². The molecular weight excluding hydrogens is 508 g/mol. The number of benzene rings is 1. The standard InChI is InChI=1S/C28H33F2N5O4/c1-19-7-8-21(34-10-13-39-14-11-34)15-20(2)32-18-33-28(19)23-16-22(24(29)17-25(23)30)26(37)5-4-6-27(38)35(31-3)9-12-36/h4,6-8,15-18,26,36-37H,3,5,9-14H2,1-2H3/b6-4-,8-7?,19-7?,20-15?,21-8?,21-15?,28-19?,32-18?,32-20?,33-18?,33-28?. The Morgan fingerprint density at radius 1 is 1.21 bits per heavy atom. The van der Waals surface area contributed by atoms with E-state index in [1.165, 1.54) is 18.5 Å². The number of carbonyl (C=O) groups is 1. The second-order valence-electron chi connectivity index (χ2n) is 8.88. The molecule has 2 N–H and O–H groups in total. The number of nitrogens with zero attached hydrogens (tertiary/aromatic N) is 5. The van der Waals surface area contributed by atoms with Crippen molar-refractivity contribution in [1.29, 1.82) is 0 Å². The molecule has 1 unspecified atom stereocenters. The van der Waals surface area contributed by atoms with Crippen LogP contribution in [0.25, 0.3) is 11.3 Å². The molecule has 11 heteroatoms. The van der Waals surface area contributed by atoms with Crippen LogP contribution in [0.1, 0.15) is 29.3 Å². The minimum atomic E-state index is -1.37. The van der Waals surface area contributed by atoms with Gasteiger partial charge in [0.25, 0.3) is 5.91 Å². The molecule has 0 saturated carbocycles. The van der Waals surface area contributed by atoms with E-state index in [1.54, 1.807) is 6.92 Å². The van der Waals surface area contributed by atoms with E-state index in [9.17, 15) is 14.3 Å². The number of amides is 1. The van der Waals surface area contributed by atoms with Crippen molar-refractivity contribution in [3.63, 3.8) is 0 Å². The van der Waals surface area contributed by atoms with Crippen LogP contribution in [-0.4, -0.2) is 77.3 Å². The van der Waals surface area contributed by atoms with E-state index in [0.29, 0.717) is 30.5 Å². The summed E-state index contributed by atoms with van der Waals surface area (Å²) in [5, 5.41) is 24.1. The molecule has 208 valence electrons. The Bertz CT molecular complexity index is 1270.